The number of thiophene rings is 1. The number of nitrogens with two attached hydrogens (primary N) is 1. The van der Waals surface area contributed by atoms with Crippen LogP contribution in [0.25, 0.3) is 21.7 Å². The summed E-state index contributed by atoms with van der Waals surface area (Å²) < 4.78 is 1.89. The summed E-state index contributed by atoms with van der Waals surface area (Å²) in [5, 5.41) is 13.6. The normalized spacial score (nSPS) is 13.3. The topological polar surface area (TPSA) is 89.1 Å². The number of rotatable bonds is 7. The Labute approximate surface area is 225 Å². The van der Waals surface area contributed by atoms with Gasteiger partial charge in [-0.15, -0.1) is 16.4 Å². The minimum Gasteiger partial charge on any atom is -0.397 e. The molecule has 0 radical (unpaired) electrons. The Bertz CT molecular complexity index is 1560. The van der Waals surface area contributed by atoms with Gasteiger partial charge >= 0.3 is 0 Å². The second kappa shape index (κ2) is 10.6. The fourth-order valence-corrected chi connectivity index (χ4v) is 5.50. The Balaban J connectivity index is 1.07. The fraction of sp³-hybridized carbons (Fsp3) is 0.167. The van der Waals surface area contributed by atoms with E-state index in [1.165, 1.54) is 11.1 Å². The predicted molar refractivity (Wildman–Crippen MR) is 153 cm³/mol. The van der Waals surface area contributed by atoms with E-state index < -0.39 is 0 Å². The van der Waals surface area contributed by atoms with Crippen molar-refractivity contribution in [3.05, 3.63) is 107 Å². The highest BCUT2D eigenvalue weighted by molar-refractivity contribution is 7.13. The summed E-state index contributed by atoms with van der Waals surface area (Å²) in [5.41, 5.74) is 13.4. The lowest BCUT2D eigenvalue weighted by Gasteiger charge is -2.28. The van der Waals surface area contributed by atoms with Gasteiger partial charge in [0.15, 0.2) is 0 Å². The molecule has 0 fully saturated rings. The molecule has 8 heteroatoms. The Morgan fingerprint density at radius 1 is 0.947 bits per heavy atom. The number of aromatic nitrogens is 3. The van der Waals surface area contributed by atoms with Gasteiger partial charge in [-0.2, -0.15) is 0 Å². The third-order valence-corrected chi connectivity index (χ3v) is 7.86. The van der Waals surface area contributed by atoms with Crippen molar-refractivity contribution in [3.63, 3.8) is 0 Å². The van der Waals surface area contributed by atoms with E-state index in [-0.39, 0.29) is 5.91 Å². The van der Waals surface area contributed by atoms with Crippen molar-refractivity contribution < 1.29 is 4.79 Å². The lowest BCUT2D eigenvalue weighted by Crippen LogP contribution is -2.33. The number of nitrogens with one attached hydrogen (secondary N) is 1. The van der Waals surface area contributed by atoms with Gasteiger partial charge in [0.1, 0.15) is 5.69 Å². The molecule has 0 spiro atoms. The molecule has 190 valence electrons. The summed E-state index contributed by atoms with van der Waals surface area (Å²) in [5.74, 6) is -0.210. The van der Waals surface area contributed by atoms with E-state index in [1.54, 1.807) is 23.5 Å². The number of nitrogens with zero attached hydrogens (tertiary/aromatic N) is 4. The van der Waals surface area contributed by atoms with Crippen LogP contribution in [0.4, 0.5) is 11.4 Å². The summed E-state index contributed by atoms with van der Waals surface area (Å²) in [4.78, 5) is 16.5. The minimum absolute atomic E-state index is 0.210. The molecule has 38 heavy (non-hydrogen) atoms. The molecule has 1 aliphatic rings. The molecular weight excluding hydrogens is 492 g/mol. The van der Waals surface area contributed by atoms with Crippen LogP contribution in [0.2, 0.25) is 0 Å². The van der Waals surface area contributed by atoms with E-state index in [2.05, 4.69) is 44.8 Å². The molecular formula is C30H28N6OS. The van der Waals surface area contributed by atoms with Gasteiger partial charge in [0.25, 0.3) is 5.91 Å². The predicted octanol–water partition coefficient (Wildman–Crippen LogP) is 5.57. The van der Waals surface area contributed by atoms with Crippen LogP contribution in [-0.4, -0.2) is 38.9 Å². The zero-order valence-electron chi connectivity index (χ0n) is 20.9. The van der Waals surface area contributed by atoms with Gasteiger partial charge in [-0.3, -0.25) is 14.4 Å². The van der Waals surface area contributed by atoms with E-state index in [4.69, 9.17) is 5.73 Å². The molecule has 0 unspecified atom stereocenters. The maximum absolute atomic E-state index is 12.9. The molecule has 5 aromatic rings. The molecule has 3 N–H and O–H groups in total. The summed E-state index contributed by atoms with van der Waals surface area (Å²) in [6.45, 7) is 3.74. The van der Waals surface area contributed by atoms with Gasteiger partial charge in [0, 0.05) is 35.6 Å². The quantitative estimate of drug-likeness (QED) is 0.274. The average molecular weight is 521 g/mol. The van der Waals surface area contributed by atoms with E-state index in [0.717, 1.165) is 54.3 Å². The number of amides is 1. The Hall–Kier alpha value is -4.27. The zero-order valence-corrected chi connectivity index (χ0v) is 21.7. The third-order valence-electron chi connectivity index (χ3n) is 6.94. The largest absolute Gasteiger partial charge is 0.397 e. The van der Waals surface area contributed by atoms with Gasteiger partial charge in [-0.25, -0.2) is 0 Å². The summed E-state index contributed by atoms with van der Waals surface area (Å²) in [6, 6.07) is 25.8. The van der Waals surface area contributed by atoms with Crippen LogP contribution in [0, 0.1) is 0 Å². The molecule has 7 nitrogen and oxygen atoms in total. The molecule has 0 aliphatic carbocycles. The number of benzene rings is 3. The highest BCUT2D eigenvalue weighted by Crippen LogP contribution is 2.30. The van der Waals surface area contributed by atoms with Crippen molar-refractivity contribution in [1.82, 2.24) is 19.9 Å². The van der Waals surface area contributed by atoms with E-state index in [0.29, 0.717) is 16.9 Å². The van der Waals surface area contributed by atoms with Crippen LogP contribution in [0.15, 0.2) is 90.4 Å². The van der Waals surface area contributed by atoms with Gasteiger partial charge < -0.3 is 11.1 Å². The lowest BCUT2D eigenvalue weighted by atomic mass is 10.00. The summed E-state index contributed by atoms with van der Waals surface area (Å²) in [7, 11) is 0. The SMILES string of the molecule is Nc1ccc(-c2cccs2)cc1NC(=O)c1ccc(-c2cn(CCN3CCc4ccccc4C3)nn2)cc1. The fourth-order valence-electron chi connectivity index (χ4n) is 4.78. The number of carbonyl (C=O) groups excluding carboxylic acids is 1. The first-order valence-corrected chi connectivity index (χ1v) is 13.5. The van der Waals surface area contributed by atoms with Crippen LogP contribution < -0.4 is 11.1 Å². The Morgan fingerprint density at radius 2 is 1.76 bits per heavy atom. The number of hydrogen-bond acceptors (Lipinski definition) is 6. The van der Waals surface area contributed by atoms with Crippen molar-refractivity contribution in [3.8, 4) is 21.7 Å². The molecule has 0 saturated heterocycles. The van der Waals surface area contributed by atoms with Crippen molar-refractivity contribution in [1.29, 1.82) is 0 Å². The summed E-state index contributed by atoms with van der Waals surface area (Å²) in [6.07, 6.45) is 3.05. The first-order valence-electron chi connectivity index (χ1n) is 12.7. The number of fused-ring (bicyclic) bond motifs is 1. The van der Waals surface area contributed by atoms with Crippen LogP contribution in [0.3, 0.4) is 0 Å². The maximum atomic E-state index is 12.9. The standard InChI is InChI=1S/C30H28N6OS/c31-26-12-11-24(29-6-3-17-38-29)18-27(26)32-30(37)23-9-7-22(8-10-23)28-20-36(34-33-28)16-15-35-14-13-21-4-1-2-5-25(21)19-35/h1-12,17-18,20H,13-16,19,31H2,(H,32,37). The third kappa shape index (κ3) is 5.22. The molecule has 2 aromatic heterocycles. The minimum atomic E-state index is -0.210. The van der Waals surface area contributed by atoms with Crippen molar-refractivity contribution in [2.24, 2.45) is 0 Å². The Morgan fingerprint density at radius 3 is 2.58 bits per heavy atom. The number of hydrogen-bond donors (Lipinski definition) is 2. The van der Waals surface area contributed by atoms with Crippen LogP contribution in [-0.2, 0) is 19.5 Å². The van der Waals surface area contributed by atoms with Crippen LogP contribution in [0.1, 0.15) is 21.5 Å². The Kier molecular flexibility index (Phi) is 6.73. The molecule has 0 bridgehead atoms. The first-order chi connectivity index (χ1) is 18.6. The molecule has 3 aromatic carbocycles. The highest BCUT2D eigenvalue weighted by atomic mass is 32.1. The van der Waals surface area contributed by atoms with Gasteiger partial charge in [0.05, 0.1) is 24.1 Å². The molecule has 6 rings (SSSR count). The number of anilines is 2. The smallest absolute Gasteiger partial charge is 0.255 e. The highest BCUT2D eigenvalue weighted by Gasteiger charge is 2.16. The van der Waals surface area contributed by atoms with E-state index >= 15 is 0 Å². The second-order valence-electron chi connectivity index (χ2n) is 9.47. The maximum Gasteiger partial charge on any atom is 0.255 e. The lowest BCUT2D eigenvalue weighted by molar-refractivity contribution is 0.102. The molecule has 0 saturated carbocycles. The van der Waals surface area contributed by atoms with Crippen LogP contribution in [0.5, 0.6) is 0 Å². The number of nitrogen functional groups attached to an aromatic ring is 1. The number of carbonyl (C=O) groups is 1. The van der Waals surface area contributed by atoms with Gasteiger partial charge in [-0.05, 0) is 58.8 Å². The molecule has 1 aliphatic heterocycles. The van der Waals surface area contributed by atoms with Gasteiger partial charge in [-0.1, -0.05) is 53.7 Å². The van der Waals surface area contributed by atoms with E-state index in [9.17, 15) is 4.79 Å². The molecule has 1 amide bonds. The van der Waals surface area contributed by atoms with Crippen molar-refractivity contribution >= 4 is 28.6 Å². The van der Waals surface area contributed by atoms with Crippen molar-refractivity contribution in [2.45, 2.75) is 19.5 Å². The average Bonchev–Trinajstić information content (AvgIpc) is 3.66. The summed E-state index contributed by atoms with van der Waals surface area (Å²) >= 11 is 1.65. The van der Waals surface area contributed by atoms with E-state index in [1.807, 2.05) is 58.7 Å². The van der Waals surface area contributed by atoms with Crippen LogP contribution >= 0.6 is 11.3 Å². The monoisotopic (exact) mass is 520 g/mol. The van der Waals surface area contributed by atoms with Crippen molar-refractivity contribution in [2.75, 3.05) is 24.1 Å². The second-order valence-corrected chi connectivity index (χ2v) is 10.4. The zero-order chi connectivity index (χ0) is 25.9. The molecule has 3 heterocycles. The first kappa shape index (κ1) is 24.1. The van der Waals surface area contributed by atoms with Gasteiger partial charge in [0.2, 0.25) is 0 Å². The molecule has 0 atom stereocenters.